The zero-order chi connectivity index (χ0) is 23.6. The maximum Gasteiger partial charge on any atom is 0.241 e. The molecule has 0 saturated carbocycles. The molecule has 10 heteroatoms. The Labute approximate surface area is 196 Å². The highest BCUT2D eigenvalue weighted by molar-refractivity contribution is 7.91. The van der Waals surface area contributed by atoms with Crippen molar-refractivity contribution in [2.45, 2.75) is 12.2 Å². The summed E-state index contributed by atoms with van der Waals surface area (Å²) in [5, 5.41) is 3.09. The van der Waals surface area contributed by atoms with E-state index in [9.17, 15) is 18.0 Å². The van der Waals surface area contributed by atoms with E-state index in [1.54, 1.807) is 66.7 Å². The van der Waals surface area contributed by atoms with E-state index in [1.807, 2.05) is 0 Å². The van der Waals surface area contributed by atoms with Crippen LogP contribution in [0.15, 0.2) is 66.7 Å². The first-order valence-corrected chi connectivity index (χ1v) is 11.9. The number of hydrogen-bond acceptors (Lipinski definition) is 5. The standard InChI is InChI=1S/C23H20ClN3O5S/c1-32-18-10-11-21-20(12-18)25-22(28)13-23(29)27(21)17-8-6-16(7-9-17)26-33(30,31)14-15-4-2-3-5-19(15)24/h2-12,26H,13-14H2,1H3,(H,25,28). The Morgan fingerprint density at radius 1 is 1.06 bits per heavy atom. The molecule has 0 fully saturated rings. The van der Waals surface area contributed by atoms with Gasteiger partial charge < -0.3 is 10.1 Å². The lowest BCUT2D eigenvalue weighted by molar-refractivity contribution is -0.124. The van der Waals surface area contributed by atoms with Crippen LogP contribution in [0, 0.1) is 0 Å². The summed E-state index contributed by atoms with van der Waals surface area (Å²) in [4.78, 5) is 26.3. The third kappa shape index (κ3) is 5.10. The van der Waals surface area contributed by atoms with E-state index in [4.69, 9.17) is 16.3 Å². The predicted octanol–water partition coefficient (Wildman–Crippen LogP) is 4.30. The normalized spacial score (nSPS) is 13.7. The van der Waals surface area contributed by atoms with Crippen molar-refractivity contribution in [3.05, 3.63) is 77.3 Å². The fraction of sp³-hybridized carbons (Fsp3) is 0.130. The summed E-state index contributed by atoms with van der Waals surface area (Å²) in [6, 6.07) is 18.0. The Balaban J connectivity index is 1.59. The maximum absolute atomic E-state index is 12.8. The molecule has 33 heavy (non-hydrogen) atoms. The second kappa shape index (κ2) is 9.13. The smallest absolute Gasteiger partial charge is 0.241 e. The number of benzene rings is 3. The van der Waals surface area contributed by atoms with E-state index in [0.717, 1.165) is 0 Å². The van der Waals surface area contributed by atoms with Crippen LogP contribution in [-0.4, -0.2) is 27.3 Å². The molecule has 2 amide bonds. The summed E-state index contributed by atoms with van der Waals surface area (Å²) in [7, 11) is -2.20. The van der Waals surface area contributed by atoms with E-state index in [0.29, 0.717) is 39.1 Å². The lowest BCUT2D eigenvalue weighted by Gasteiger charge is -2.23. The summed E-state index contributed by atoms with van der Waals surface area (Å²) in [5.74, 6) is -0.585. The molecule has 1 aliphatic rings. The van der Waals surface area contributed by atoms with Crippen LogP contribution in [0.5, 0.6) is 5.75 Å². The van der Waals surface area contributed by atoms with Crippen LogP contribution >= 0.6 is 11.6 Å². The molecular formula is C23H20ClN3O5S. The monoisotopic (exact) mass is 485 g/mol. The first kappa shape index (κ1) is 22.6. The van der Waals surface area contributed by atoms with E-state index < -0.39 is 21.8 Å². The second-order valence-corrected chi connectivity index (χ2v) is 9.47. The van der Waals surface area contributed by atoms with Crippen molar-refractivity contribution < 1.29 is 22.7 Å². The molecule has 1 aliphatic heterocycles. The number of methoxy groups -OCH3 is 1. The first-order chi connectivity index (χ1) is 15.8. The van der Waals surface area contributed by atoms with E-state index in [-0.39, 0.29) is 12.2 Å². The average Bonchev–Trinajstić information content (AvgIpc) is 2.89. The molecule has 0 bridgehead atoms. The van der Waals surface area contributed by atoms with Crippen LogP contribution in [0.4, 0.5) is 22.7 Å². The van der Waals surface area contributed by atoms with Crippen molar-refractivity contribution in [3.8, 4) is 5.75 Å². The molecule has 4 rings (SSSR count). The van der Waals surface area contributed by atoms with Gasteiger partial charge in [-0.05, 0) is 48.0 Å². The van der Waals surface area contributed by atoms with Gasteiger partial charge in [0.1, 0.15) is 12.2 Å². The molecule has 8 nitrogen and oxygen atoms in total. The van der Waals surface area contributed by atoms with E-state index in [1.165, 1.54) is 12.0 Å². The van der Waals surface area contributed by atoms with Gasteiger partial charge >= 0.3 is 0 Å². The molecule has 0 unspecified atom stereocenters. The number of anilines is 4. The van der Waals surface area contributed by atoms with Crippen LogP contribution in [0.3, 0.4) is 0 Å². The Kier molecular flexibility index (Phi) is 6.26. The maximum atomic E-state index is 12.8. The second-order valence-electron chi connectivity index (χ2n) is 7.34. The number of ether oxygens (including phenoxy) is 1. The summed E-state index contributed by atoms with van der Waals surface area (Å²) in [6.07, 6.45) is -0.330. The average molecular weight is 486 g/mol. The predicted molar refractivity (Wildman–Crippen MR) is 128 cm³/mol. The van der Waals surface area contributed by atoms with Gasteiger partial charge in [-0.3, -0.25) is 19.2 Å². The highest BCUT2D eigenvalue weighted by Gasteiger charge is 2.28. The number of amides is 2. The number of carbonyl (C=O) groups is 2. The minimum atomic E-state index is -3.71. The summed E-state index contributed by atoms with van der Waals surface area (Å²) in [6.45, 7) is 0. The molecule has 0 saturated heterocycles. The topological polar surface area (TPSA) is 105 Å². The minimum Gasteiger partial charge on any atom is -0.497 e. The van der Waals surface area contributed by atoms with Gasteiger partial charge in [0.25, 0.3) is 0 Å². The number of nitrogens with one attached hydrogen (secondary N) is 2. The fourth-order valence-electron chi connectivity index (χ4n) is 3.48. The van der Waals surface area contributed by atoms with Gasteiger partial charge in [0, 0.05) is 22.5 Å². The Morgan fingerprint density at radius 2 is 1.79 bits per heavy atom. The molecular weight excluding hydrogens is 466 g/mol. The number of carbonyl (C=O) groups excluding carboxylic acids is 2. The Bertz CT molecular complexity index is 1330. The van der Waals surface area contributed by atoms with Crippen LogP contribution in [0.2, 0.25) is 5.02 Å². The van der Waals surface area contributed by atoms with Gasteiger partial charge in [-0.1, -0.05) is 29.8 Å². The number of fused-ring (bicyclic) bond motifs is 1. The number of hydrogen-bond donors (Lipinski definition) is 2. The molecule has 3 aromatic carbocycles. The van der Waals surface area contributed by atoms with Crippen molar-refractivity contribution in [2.24, 2.45) is 0 Å². The summed E-state index contributed by atoms with van der Waals surface area (Å²) >= 11 is 6.07. The van der Waals surface area contributed by atoms with Gasteiger partial charge in [0.15, 0.2) is 0 Å². The highest BCUT2D eigenvalue weighted by atomic mass is 35.5. The quantitative estimate of drug-likeness (QED) is 0.506. The van der Waals surface area contributed by atoms with E-state index in [2.05, 4.69) is 10.0 Å². The van der Waals surface area contributed by atoms with Crippen LogP contribution in [-0.2, 0) is 25.4 Å². The number of rotatable bonds is 6. The van der Waals surface area contributed by atoms with Gasteiger partial charge in [-0.25, -0.2) is 8.42 Å². The van der Waals surface area contributed by atoms with Gasteiger partial charge in [0.05, 0.1) is 24.2 Å². The molecule has 0 atom stereocenters. The Morgan fingerprint density at radius 3 is 2.48 bits per heavy atom. The largest absolute Gasteiger partial charge is 0.497 e. The molecule has 3 aromatic rings. The molecule has 0 spiro atoms. The van der Waals surface area contributed by atoms with Gasteiger partial charge in [-0.2, -0.15) is 0 Å². The number of nitrogens with zero attached hydrogens (tertiary/aromatic N) is 1. The molecule has 170 valence electrons. The first-order valence-electron chi connectivity index (χ1n) is 9.90. The highest BCUT2D eigenvalue weighted by Crippen LogP contribution is 2.37. The lowest BCUT2D eigenvalue weighted by atomic mass is 10.2. The molecule has 2 N–H and O–H groups in total. The minimum absolute atomic E-state index is 0.276. The number of sulfonamides is 1. The van der Waals surface area contributed by atoms with Crippen LogP contribution < -0.4 is 19.7 Å². The molecule has 0 radical (unpaired) electrons. The molecule has 0 aliphatic carbocycles. The zero-order valence-corrected chi connectivity index (χ0v) is 19.1. The van der Waals surface area contributed by atoms with E-state index >= 15 is 0 Å². The molecule has 0 aromatic heterocycles. The third-order valence-electron chi connectivity index (χ3n) is 4.98. The van der Waals surface area contributed by atoms with Crippen molar-refractivity contribution >= 4 is 56.2 Å². The van der Waals surface area contributed by atoms with Crippen molar-refractivity contribution in [3.63, 3.8) is 0 Å². The summed E-state index contributed by atoms with van der Waals surface area (Å²) in [5.41, 5.74) is 2.23. The Hall–Kier alpha value is -3.56. The third-order valence-corrected chi connectivity index (χ3v) is 6.59. The van der Waals surface area contributed by atoms with Gasteiger partial charge in [0.2, 0.25) is 21.8 Å². The summed E-state index contributed by atoms with van der Waals surface area (Å²) < 4.78 is 32.9. The SMILES string of the molecule is COc1ccc2c(c1)NC(=O)CC(=O)N2c1ccc(NS(=O)(=O)Cc2ccccc2Cl)cc1. The van der Waals surface area contributed by atoms with Crippen molar-refractivity contribution in [1.29, 1.82) is 0 Å². The van der Waals surface area contributed by atoms with Crippen LogP contribution in [0.25, 0.3) is 0 Å². The van der Waals surface area contributed by atoms with Crippen molar-refractivity contribution in [1.82, 2.24) is 0 Å². The van der Waals surface area contributed by atoms with Crippen molar-refractivity contribution in [2.75, 3.05) is 22.0 Å². The molecule has 1 heterocycles. The van der Waals surface area contributed by atoms with Crippen LogP contribution in [0.1, 0.15) is 12.0 Å². The lowest BCUT2D eigenvalue weighted by Crippen LogP contribution is -2.26. The zero-order valence-electron chi connectivity index (χ0n) is 17.5. The number of halogens is 1. The fourth-order valence-corrected chi connectivity index (χ4v) is 4.99. The van der Waals surface area contributed by atoms with Gasteiger partial charge in [-0.15, -0.1) is 0 Å².